The second-order valence-corrected chi connectivity index (χ2v) is 5.15. The molecule has 1 saturated carbocycles. The molecule has 1 aliphatic carbocycles. The summed E-state index contributed by atoms with van der Waals surface area (Å²) < 4.78 is 1.92. The van der Waals surface area contributed by atoms with Crippen molar-refractivity contribution in [2.75, 3.05) is 7.05 Å². The Morgan fingerprint density at radius 1 is 1.35 bits per heavy atom. The van der Waals surface area contributed by atoms with Crippen LogP contribution in [0.25, 0.3) is 0 Å². The molecule has 0 bridgehead atoms. The summed E-state index contributed by atoms with van der Waals surface area (Å²) in [6.07, 6.45) is 5.73. The third-order valence-corrected chi connectivity index (χ3v) is 3.82. The van der Waals surface area contributed by atoms with Crippen LogP contribution < -0.4 is 5.43 Å². The van der Waals surface area contributed by atoms with Crippen LogP contribution in [0.5, 0.6) is 0 Å². The summed E-state index contributed by atoms with van der Waals surface area (Å²) in [6.45, 7) is 1.94. The number of aryl methyl sites for hydroxylation is 1. The average Bonchev–Trinajstić information content (AvgIpc) is 2.71. The molecule has 5 heteroatoms. The second-order valence-electron chi connectivity index (χ2n) is 5.15. The van der Waals surface area contributed by atoms with E-state index in [1.54, 1.807) is 12.1 Å². The predicted octanol–water partition coefficient (Wildman–Crippen LogP) is 1.40. The maximum absolute atomic E-state index is 12.1. The number of hydrazine groups is 1. The fourth-order valence-electron chi connectivity index (χ4n) is 3.02. The Kier molecular flexibility index (Phi) is 2.26. The van der Waals surface area contributed by atoms with Crippen LogP contribution >= 0.6 is 0 Å². The van der Waals surface area contributed by atoms with Crippen molar-refractivity contribution in [1.29, 1.82) is 0 Å². The van der Waals surface area contributed by atoms with Crippen molar-refractivity contribution in [2.24, 2.45) is 0 Å². The number of nitrogens with one attached hydrogen (secondary N) is 1. The minimum Gasteiger partial charge on any atom is -0.273 e. The zero-order chi connectivity index (χ0) is 12.0. The maximum Gasteiger partial charge on any atom is 0.286 e. The van der Waals surface area contributed by atoms with E-state index >= 15 is 0 Å². The van der Waals surface area contributed by atoms with E-state index in [4.69, 9.17) is 0 Å². The first-order valence-electron chi connectivity index (χ1n) is 6.25. The van der Waals surface area contributed by atoms with E-state index in [0.717, 1.165) is 18.5 Å². The molecule has 1 aromatic rings. The number of amides is 1. The van der Waals surface area contributed by atoms with Crippen molar-refractivity contribution in [1.82, 2.24) is 20.2 Å². The lowest BCUT2D eigenvalue weighted by Gasteiger charge is -2.45. The van der Waals surface area contributed by atoms with E-state index in [1.165, 1.54) is 19.3 Å². The van der Waals surface area contributed by atoms with E-state index in [1.807, 2.05) is 17.7 Å². The number of rotatable bonds is 0. The van der Waals surface area contributed by atoms with Gasteiger partial charge in [-0.1, -0.05) is 6.42 Å². The van der Waals surface area contributed by atoms with Gasteiger partial charge in [0.25, 0.3) is 5.91 Å². The Bertz CT molecular complexity index is 459. The molecule has 3 rings (SSSR count). The molecule has 0 aromatic carbocycles. The first kappa shape index (κ1) is 10.8. The summed E-state index contributed by atoms with van der Waals surface area (Å²) in [6, 6.07) is 1.88. The van der Waals surface area contributed by atoms with Crippen LogP contribution in [0.15, 0.2) is 6.07 Å². The highest BCUT2D eigenvalue weighted by Crippen LogP contribution is 2.35. The SMILES string of the molecule is Cc1cc2n(n1)C1(CCCCC1)NN(C)C2=O. The summed E-state index contributed by atoms with van der Waals surface area (Å²) in [5, 5.41) is 6.13. The summed E-state index contributed by atoms with van der Waals surface area (Å²) in [7, 11) is 1.80. The quantitative estimate of drug-likeness (QED) is 0.738. The van der Waals surface area contributed by atoms with Crippen LogP contribution in [-0.2, 0) is 5.66 Å². The molecule has 17 heavy (non-hydrogen) atoms. The van der Waals surface area contributed by atoms with Gasteiger partial charge in [-0.25, -0.2) is 10.1 Å². The van der Waals surface area contributed by atoms with Gasteiger partial charge in [0.15, 0.2) is 0 Å². The van der Waals surface area contributed by atoms with Gasteiger partial charge in [-0.05, 0) is 38.7 Å². The minimum atomic E-state index is -0.176. The maximum atomic E-state index is 12.1. The molecule has 1 amide bonds. The number of aromatic nitrogens is 2. The fraction of sp³-hybridized carbons (Fsp3) is 0.667. The van der Waals surface area contributed by atoms with Gasteiger partial charge >= 0.3 is 0 Å². The molecule has 1 aliphatic heterocycles. The molecule has 92 valence electrons. The van der Waals surface area contributed by atoms with E-state index in [-0.39, 0.29) is 11.6 Å². The van der Waals surface area contributed by atoms with Gasteiger partial charge in [-0.2, -0.15) is 5.10 Å². The summed E-state index contributed by atoms with van der Waals surface area (Å²) in [4.78, 5) is 12.1. The lowest BCUT2D eigenvalue weighted by molar-refractivity contribution is 0.00356. The first-order valence-corrected chi connectivity index (χ1v) is 6.25. The number of carbonyl (C=O) groups is 1. The van der Waals surface area contributed by atoms with E-state index < -0.39 is 0 Å². The largest absolute Gasteiger partial charge is 0.286 e. The second kappa shape index (κ2) is 3.57. The van der Waals surface area contributed by atoms with Gasteiger partial charge in [-0.3, -0.25) is 9.80 Å². The molecule has 0 saturated heterocycles. The third kappa shape index (κ3) is 1.49. The third-order valence-electron chi connectivity index (χ3n) is 3.82. The monoisotopic (exact) mass is 234 g/mol. The van der Waals surface area contributed by atoms with E-state index in [0.29, 0.717) is 5.69 Å². The Hall–Kier alpha value is -1.36. The molecule has 0 radical (unpaired) electrons. The van der Waals surface area contributed by atoms with Crippen LogP contribution in [0.4, 0.5) is 0 Å². The number of nitrogens with zero attached hydrogens (tertiary/aromatic N) is 3. The van der Waals surface area contributed by atoms with E-state index in [2.05, 4.69) is 10.5 Å². The molecule has 5 nitrogen and oxygen atoms in total. The molecule has 1 N–H and O–H groups in total. The summed E-state index contributed by atoms with van der Waals surface area (Å²) in [5.41, 5.74) is 4.79. The van der Waals surface area contributed by atoms with Crippen LogP contribution in [0.3, 0.4) is 0 Å². The first-order chi connectivity index (χ1) is 8.12. The smallest absolute Gasteiger partial charge is 0.273 e. The summed E-state index contributed by atoms with van der Waals surface area (Å²) >= 11 is 0. The van der Waals surface area contributed by atoms with E-state index in [9.17, 15) is 4.79 Å². The molecular formula is C12H18N4O. The average molecular weight is 234 g/mol. The topological polar surface area (TPSA) is 50.2 Å². The Morgan fingerprint density at radius 3 is 2.76 bits per heavy atom. The predicted molar refractivity (Wildman–Crippen MR) is 63.3 cm³/mol. The zero-order valence-electron chi connectivity index (χ0n) is 10.4. The normalized spacial score (nSPS) is 22.9. The highest BCUT2D eigenvalue weighted by atomic mass is 16.2. The van der Waals surface area contributed by atoms with Crippen LogP contribution in [-0.4, -0.2) is 27.7 Å². The van der Waals surface area contributed by atoms with Crippen molar-refractivity contribution < 1.29 is 4.79 Å². The minimum absolute atomic E-state index is 0.00167. The number of fused-ring (bicyclic) bond motifs is 2. The molecule has 2 heterocycles. The van der Waals surface area contributed by atoms with Gasteiger partial charge in [0.05, 0.1) is 5.69 Å². The Morgan fingerprint density at radius 2 is 2.06 bits per heavy atom. The van der Waals surface area contributed by atoms with Gasteiger partial charge in [0.2, 0.25) is 0 Å². The van der Waals surface area contributed by atoms with Crippen molar-refractivity contribution in [2.45, 2.75) is 44.7 Å². The van der Waals surface area contributed by atoms with Crippen LogP contribution in [0.1, 0.15) is 48.3 Å². The van der Waals surface area contributed by atoms with Crippen molar-refractivity contribution in [3.05, 3.63) is 17.5 Å². The highest BCUT2D eigenvalue weighted by molar-refractivity contribution is 5.93. The number of carbonyl (C=O) groups excluding carboxylic acids is 1. The van der Waals surface area contributed by atoms with Crippen molar-refractivity contribution in [3.63, 3.8) is 0 Å². The lowest BCUT2D eigenvalue weighted by atomic mass is 9.88. The Balaban J connectivity index is 2.11. The summed E-state index contributed by atoms with van der Waals surface area (Å²) in [5.74, 6) is 0.00167. The van der Waals surface area contributed by atoms with Crippen molar-refractivity contribution >= 4 is 5.91 Å². The van der Waals surface area contributed by atoms with Crippen LogP contribution in [0, 0.1) is 6.92 Å². The molecule has 1 aromatic heterocycles. The highest BCUT2D eigenvalue weighted by Gasteiger charge is 2.43. The standard InChI is InChI=1S/C12H18N4O/c1-9-8-10-11(17)15(2)14-12(16(10)13-9)6-4-3-5-7-12/h8,14H,3-7H2,1-2H3. The molecule has 0 atom stereocenters. The lowest BCUT2D eigenvalue weighted by Crippen LogP contribution is -2.62. The molecule has 2 aliphatic rings. The molecular weight excluding hydrogens is 216 g/mol. The number of hydrogen-bond donors (Lipinski definition) is 1. The molecule has 1 fully saturated rings. The Labute approximate surface area is 101 Å². The van der Waals surface area contributed by atoms with Gasteiger partial charge in [0.1, 0.15) is 11.4 Å². The van der Waals surface area contributed by atoms with Gasteiger partial charge in [-0.15, -0.1) is 0 Å². The zero-order valence-corrected chi connectivity index (χ0v) is 10.4. The molecule has 1 spiro atoms. The fourth-order valence-corrected chi connectivity index (χ4v) is 3.02. The van der Waals surface area contributed by atoms with Gasteiger partial charge in [0, 0.05) is 7.05 Å². The van der Waals surface area contributed by atoms with Gasteiger partial charge < -0.3 is 0 Å². The number of hydrogen-bond acceptors (Lipinski definition) is 3. The molecule has 0 unspecified atom stereocenters. The van der Waals surface area contributed by atoms with Crippen molar-refractivity contribution in [3.8, 4) is 0 Å². The van der Waals surface area contributed by atoms with Crippen LogP contribution in [0.2, 0.25) is 0 Å².